The first-order chi connectivity index (χ1) is 8.11. The van der Waals surface area contributed by atoms with Gasteiger partial charge in [0.25, 0.3) is 0 Å². The van der Waals surface area contributed by atoms with Gasteiger partial charge in [-0.2, -0.15) is 0 Å². The molecule has 0 aliphatic heterocycles. The molecule has 0 spiro atoms. The largest absolute Gasteiger partial charge is 0.314 e. The highest BCUT2D eigenvalue weighted by atomic mass is 32.2. The molecule has 3 nitrogen and oxygen atoms in total. The maximum Gasteiger partial charge on any atom is 0.187 e. The molecule has 0 aliphatic rings. The van der Waals surface area contributed by atoms with Crippen LogP contribution >= 0.6 is 11.8 Å². The summed E-state index contributed by atoms with van der Waals surface area (Å²) in [6, 6.07) is 2.59. The van der Waals surface area contributed by atoms with Gasteiger partial charge < -0.3 is 5.32 Å². The molecule has 1 rings (SSSR count). The third kappa shape index (κ3) is 6.03. The van der Waals surface area contributed by atoms with Crippen LogP contribution in [0.5, 0.6) is 0 Å². The molecule has 17 heavy (non-hydrogen) atoms. The van der Waals surface area contributed by atoms with Gasteiger partial charge in [0.1, 0.15) is 0 Å². The lowest BCUT2D eigenvalue weighted by atomic mass is 10.2. The predicted octanol–water partition coefficient (Wildman–Crippen LogP) is 2.96. The number of rotatable bonds is 7. The summed E-state index contributed by atoms with van der Waals surface area (Å²) in [5, 5.41) is 4.39. The maximum atomic E-state index is 4.42. The Balaban J connectivity index is 2.30. The molecule has 1 heterocycles. The fraction of sp³-hybridized carbons (Fsp3) is 0.692. The second-order valence-corrected chi connectivity index (χ2v) is 5.49. The Labute approximate surface area is 109 Å². The van der Waals surface area contributed by atoms with E-state index in [9.17, 15) is 0 Å². The van der Waals surface area contributed by atoms with Crippen molar-refractivity contribution in [3.05, 3.63) is 17.5 Å². The van der Waals surface area contributed by atoms with Crippen molar-refractivity contribution in [1.82, 2.24) is 15.3 Å². The van der Waals surface area contributed by atoms with Gasteiger partial charge in [0.15, 0.2) is 5.16 Å². The number of nitrogens with one attached hydrogen (secondary N) is 1. The van der Waals surface area contributed by atoms with E-state index in [0.29, 0.717) is 6.04 Å². The highest BCUT2D eigenvalue weighted by molar-refractivity contribution is 7.99. The van der Waals surface area contributed by atoms with Crippen molar-refractivity contribution in [1.29, 1.82) is 0 Å². The second kappa shape index (κ2) is 7.67. The topological polar surface area (TPSA) is 37.8 Å². The molecule has 1 aromatic rings. The molecule has 1 atom stereocenters. The average molecular weight is 253 g/mol. The highest BCUT2D eigenvalue weighted by Gasteiger charge is 2.03. The van der Waals surface area contributed by atoms with Crippen molar-refractivity contribution in [3.63, 3.8) is 0 Å². The van der Waals surface area contributed by atoms with Crippen LogP contribution in [0.4, 0.5) is 0 Å². The molecule has 1 aromatic heterocycles. The summed E-state index contributed by atoms with van der Waals surface area (Å²) in [5.74, 6) is 1.07. The van der Waals surface area contributed by atoms with E-state index in [2.05, 4.69) is 29.1 Å². The number of aromatic nitrogens is 2. The number of thioether (sulfide) groups is 1. The SMILES string of the molecule is CCCNC(C)CCSc1nc(C)cc(C)n1. The van der Waals surface area contributed by atoms with E-state index in [1.807, 2.05) is 19.9 Å². The Morgan fingerprint density at radius 2 is 1.94 bits per heavy atom. The molecule has 1 unspecified atom stereocenters. The molecular formula is C13H23N3S. The van der Waals surface area contributed by atoms with Gasteiger partial charge in [-0.3, -0.25) is 0 Å². The monoisotopic (exact) mass is 253 g/mol. The van der Waals surface area contributed by atoms with E-state index in [1.54, 1.807) is 11.8 Å². The fourth-order valence-electron chi connectivity index (χ4n) is 1.58. The van der Waals surface area contributed by atoms with E-state index in [4.69, 9.17) is 0 Å². The fourth-order valence-corrected chi connectivity index (χ4v) is 2.65. The summed E-state index contributed by atoms with van der Waals surface area (Å²) in [6.45, 7) is 9.57. The van der Waals surface area contributed by atoms with Crippen molar-refractivity contribution >= 4 is 11.8 Å². The lowest BCUT2D eigenvalue weighted by molar-refractivity contribution is 0.536. The van der Waals surface area contributed by atoms with Crippen LogP contribution < -0.4 is 5.32 Å². The quantitative estimate of drug-likeness (QED) is 0.599. The Morgan fingerprint density at radius 3 is 2.53 bits per heavy atom. The zero-order valence-corrected chi connectivity index (χ0v) is 12.1. The van der Waals surface area contributed by atoms with Crippen molar-refractivity contribution < 1.29 is 0 Å². The Kier molecular flexibility index (Phi) is 6.52. The molecule has 4 heteroatoms. The van der Waals surface area contributed by atoms with Gasteiger partial charge in [-0.15, -0.1) is 0 Å². The normalized spacial score (nSPS) is 12.7. The highest BCUT2D eigenvalue weighted by Crippen LogP contribution is 2.15. The molecule has 1 N–H and O–H groups in total. The minimum atomic E-state index is 0.577. The van der Waals surface area contributed by atoms with Crippen LogP contribution in [0.15, 0.2) is 11.2 Å². The van der Waals surface area contributed by atoms with Crippen LogP contribution in [0.2, 0.25) is 0 Å². The van der Waals surface area contributed by atoms with Gasteiger partial charge in [0.05, 0.1) is 0 Å². The third-order valence-corrected chi connectivity index (χ3v) is 3.37. The summed E-state index contributed by atoms with van der Waals surface area (Å²) < 4.78 is 0. The minimum absolute atomic E-state index is 0.577. The van der Waals surface area contributed by atoms with E-state index < -0.39 is 0 Å². The average Bonchev–Trinajstić information content (AvgIpc) is 2.25. The molecule has 0 radical (unpaired) electrons. The van der Waals surface area contributed by atoms with Gasteiger partial charge in [0.2, 0.25) is 0 Å². The number of nitrogens with zero attached hydrogens (tertiary/aromatic N) is 2. The molecule has 0 amide bonds. The number of aryl methyl sites for hydroxylation is 2. The predicted molar refractivity (Wildman–Crippen MR) is 74.6 cm³/mol. The lowest BCUT2D eigenvalue weighted by Gasteiger charge is -2.12. The van der Waals surface area contributed by atoms with E-state index in [1.165, 1.54) is 6.42 Å². The minimum Gasteiger partial charge on any atom is -0.314 e. The van der Waals surface area contributed by atoms with Crippen LogP contribution in [0.25, 0.3) is 0 Å². The van der Waals surface area contributed by atoms with Gasteiger partial charge >= 0.3 is 0 Å². The van der Waals surface area contributed by atoms with Crippen LogP contribution in [-0.4, -0.2) is 28.3 Å². The summed E-state index contributed by atoms with van der Waals surface area (Å²) in [6.07, 6.45) is 2.35. The number of hydrogen-bond donors (Lipinski definition) is 1. The first-order valence-corrected chi connectivity index (χ1v) is 7.29. The molecule has 0 aliphatic carbocycles. The molecule has 0 aromatic carbocycles. The molecule has 0 saturated carbocycles. The van der Waals surface area contributed by atoms with Crippen molar-refractivity contribution in [3.8, 4) is 0 Å². The maximum absolute atomic E-state index is 4.42. The van der Waals surface area contributed by atoms with E-state index in [-0.39, 0.29) is 0 Å². The summed E-state index contributed by atoms with van der Waals surface area (Å²) >= 11 is 1.75. The molecular weight excluding hydrogens is 230 g/mol. The standard InChI is InChI=1S/C13H23N3S/c1-5-7-14-10(2)6-8-17-13-15-11(3)9-12(4)16-13/h9-10,14H,5-8H2,1-4H3. The van der Waals surface area contributed by atoms with Crippen LogP contribution in [-0.2, 0) is 0 Å². The second-order valence-electron chi connectivity index (χ2n) is 4.43. The Bertz CT molecular complexity index is 321. The van der Waals surface area contributed by atoms with Crippen LogP contribution in [0.3, 0.4) is 0 Å². The van der Waals surface area contributed by atoms with E-state index in [0.717, 1.165) is 35.3 Å². The van der Waals surface area contributed by atoms with Crippen molar-refractivity contribution in [2.45, 2.75) is 51.7 Å². The Hall–Kier alpha value is -0.610. The van der Waals surface area contributed by atoms with Crippen LogP contribution in [0.1, 0.15) is 38.1 Å². The van der Waals surface area contributed by atoms with Crippen LogP contribution in [0, 0.1) is 13.8 Å². The van der Waals surface area contributed by atoms with Gasteiger partial charge in [-0.05, 0) is 46.2 Å². The Morgan fingerprint density at radius 1 is 1.29 bits per heavy atom. The molecule has 0 bridgehead atoms. The smallest absolute Gasteiger partial charge is 0.187 e. The summed E-state index contributed by atoms with van der Waals surface area (Å²) in [7, 11) is 0. The zero-order chi connectivity index (χ0) is 12.7. The number of hydrogen-bond acceptors (Lipinski definition) is 4. The molecule has 0 fully saturated rings. The van der Waals surface area contributed by atoms with Gasteiger partial charge in [-0.1, -0.05) is 18.7 Å². The summed E-state index contributed by atoms with van der Waals surface area (Å²) in [5.41, 5.74) is 2.11. The molecule has 96 valence electrons. The lowest BCUT2D eigenvalue weighted by Crippen LogP contribution is -2.27. The first kappa shape index (κ1) is 14.5. The summed E-state index contributed by atoms with van der Waals surface area (Å²) in [4.78, 5) is 8.85. The van der Waals surface area contributed by atoms with Gasteiger partial charge in [-0.25, -0.2) is 9.97 Å². The van der Waals surface area contributed by atoms with Gasteiger partial charge in [0, 0.05) is 23.2 Å². The molecule has 0 saturated heterocycles. The van der Waals surface area contributed by atoms with Crippen molar-refractivity contribution in [2.75, 3.05) is 12.3 Å². The first-order valence-electron chi connectivity index (χ1n) is 6.30. The van der Waals surface area contributed by atoms with Crippen molar-refractivity contribution in [2.24, 2.45) is 0 Å². The van der Waals surface area contributed by atoms with E-state index >= 15 is 0 Å². The zero-order valence-electron chi connectivity index (χ0n) is 11.3. The third-order valence-electron chi connectivity index (χ3n) is 2.49.